The zero-order chi connectivity index (χ0) is 15.5. The standard InChI is InChI=1S/C18H31NO2/c1-2-3-4-5-6-7-8-15-9-11-16(12-10-15)13-18(21)17(19)14-20/h9-12,17-18,20-21H,2-8,13-14,19H2,1H3/t17-,18+/m0/s1. The molecular weight excluding hydrogens is 262 g/mol. The molecule has 1 rings (SSSR count). The van der Waals surface area contributed by atoms with E-state index in [1.54, 1.807) is 0 Å². The van der Waals surface area contributed by atoms with Crippen LogP contribution in [0, 0.1) is 0 Å². The maximum Gasteiger partial charge on any atom is 0.0753 e. The van der Waals surface area contributed by atoms with E-state index >= 15 is 0 Å². The molecule has 0 spiro atoms. The van der Waals surface area contributed by atoms with Crippen molar-refractivity contribution in [3.05, 3.63) is 35.4 Å². The maximum atomic E-state index is 9.80. The summed E-state index contributed by atoms with van der Waals surface area (Å²) in [5.74, 6) is 0. The predicted molar refractivity (Wildman–Crippen MR) is 88.3 cm³/mol. The van der Waals surface area contributed by atoms with Crippen molar-refractivity contribution in [3.63, 3.8) is 0 Å². The summed E-state index contributed by atoms with van der Waals surface area (Å²) in [4.78, 5) is 0. The molecule has 120 valence electrons. The fourth-order valence-corrected chi connectivity index (χ4v) is 2.47. The predicted octanol–water partition coefficient (Wildman–Crippen LogP) is 2.81. The minimum atomic E-state index is -0.681. The van der Waals surface area contributed by atoms with Crippen LogP contribution in [0.3, 0.4) is 0 Å². The largest absolute Gasteiger partial charge is 0.395 e. The highest BCUT2D eigenvalue weighted by molar-refractivity contribution is 5.23. The van der Waals surface area contributed by atoms with Crippen LogP contribution in [0.4, 0.5) is 0 Å². The third kappa shape index (κ3) is 7.60. The zero-order valence-electron chi connectivity index (χ0n) is 13.3. The van der Waals surface area contributed by atoms with Gasteiger partial charge in [0.2, 0.25) is 0 Å². The molecule has 0 bridgehead atoms. The number of hydrogen-bond acceptors (Lipinski definition) is 3. The van der Waals surface area contributed by atoms with Gasteiger partial charge in [0.25, 0.3) is 0 Å². The summed E-state index contributed by atoms with van der Waals surface area (Å²) < 4.78 is 0. The van der Waals surface area contributed by atoms with Gasteiger partial charge in [-0.3, -0.25) is 0 Å². The van der Waals surface area contributed by atoms with Gasteiger partial charge in [-0.05, 0) is 30.4 Å². The minimum Gasteiger partial charge on any atom is -0.395 e. The third-order valence-corrected chi connectivity index (χ3v) is 3.99. The Balaban J connectivity index is 2.27. The van der Waals surface area contributed by atoms with E-state index in [2.05, 4.69) is 31.2 Å². The molecule has 1 aromatic carbocycles. The molecule has 0 saturated carbocycles. The lowest BCUT2D eigenvalue weighted by molar-refractivity contribution is 0.109. The quantitative estimate of drug-likeness (QED) is 0.550. The van der Waals surface area contributed by atoms with Gasteiger partial charge in [0.05, 0.1) is 18.8 Å². The van der Waals surface area contributed by atoms with Crippen molar-refractivity contribution in [2.24, 2.45) is 5.73 Å². The molecule has 21 heavy (non-hydrogen) atoms. The lowest BCUT2D eigenvalue weighted by Gasteiger charge is -2.16. The van der Waals surface area contributed by atoms with Crippen LogP contribution in [0.5, 0.6) is 0 Å². The van der Waals surface area contributed by atoms with Crippen molar-refractivity contribution in [3.8, 4) is 0 Å². The second kappa shape index (κ2) is 10.8. The number of aliphatic hydroxyl groups is 2. The summed E-state index contributed by atoms with van der Waals surface area (Å²) in [6.45, 7) is 2.06. The van der Waals surface area contributed by atoms with Crippen molar-refractivity contribution in [2.75, 3.05) is 6.61 Å². The number of unbranched alkanes of at least 4 members (excludes halogenated alkanes) is 5. The highest BCUT2D eigenvalue weighted by Gasteiger charge is 2.13. The molecule has 0 aromatic heterocycles. The average Bonchev–Trinajstić information content (AvgIpc) is 2.51. The Bertz CT molecular complexity index is 364. The van der Waals surface area contributed by atoms with Gasteiger partial charge in [0, 0.05) is 0 Å². The third-order valence-electron chi connectivity index (χ3n) is 3.99. The Kier molecular flexibility index (Phi) is 9.31. The van der Waals surface area contributed by atoms with Crippen molar-refractivity contribution in [1.82, 2.24) is 0 Å². The smallest absolute Gasteiger partial charge is 0.0753 e. The van der Waals surface area contributed by atoms with E-state index in [0.29, 0.717) is 6.42 Å². The van der Waals surface area contributed by atoms with E-state index in [1.807, 2.05) is 0 Å². The molecule has 0 fully saturated rings. The van der Waals surface area contributed by atoms with E-state index in [-0.39, 0.29) is 6.61 Å². The summed E-state index contributed by atoms with van der Waals surface area (Å²) >= 11 is 0. The molecule has 3 heteroatoms. The van der Waals surface area contributed by atoms with Crippen LogP contribution < -0.4 is 5.73 Å². The topological polar surface area (TPSA) is 66.5 Å². The first-order valence-electron chi connectivity index (χ1n) is 8.29. The first-order valence-corrected chi connectivity index (χ1v) is 8.29. The molecule has 0 aliphatic rings. The van der Waals surface area contributed by atoms with Crippen LogP contribution in [0.25, 0.3) is 0 Å². The molecular formula is C18H31NO2. The highest BCUT2D eigenvalue weighted by atomic mass is 16.3. The first-order chi connectivity index (χ1) is 10.2. The monoisotopic (exact) mass is 293 g/mol. The normalized spacial score (nSPS) is 14.1. The fraction of sp³-hybridized carbons (Fsp3) is 0.667. The Hall–Kier alpha value is -0.900. The molecule has 0 saturated heterocycles. The number of benzene rings is 1. The summed E-state index contributed by atoms with van der Waals surface area (Å²) in [6, 6.07) is 7.82. The summed E-state index contributed by atoms with van der Waals surface area (Å²) in [5.41, 5.74) is 8.03. The molecule has 3 nitrogen and oxygen atoms in total. The van der Waals surface area contributed by atoms with Crippen molar-refractivity contribution < 1.29 is 10.2 Å². The first kappa shape index (κ1) is 18.1. The van der Waals surface area contributed by atoms with Crippen LogP contribution in [0.15, 0.2) is 24.3 Å². The second-order valence-corrected chi connectivity index (χ2v) is 5.95. The van der Waals surface area contributed by atoms with E-state index in [1.165, 1.54) is 44.1 Å². The Morgan fingerprint density at radius 2 is 1.52 bits per heavy atom. The van der Waals surface area contributed by atoms with E-state index < -0.39 is 12.1 Å². The molecule has 2 atom stereocenters. The molecule has 0 aliphatic carbocycles. The molecule has 4 N–H and O–H groups in total. The number of nitrogens with two attached hydrogens (primary N) is 1. The Labute approximate surface area is 129 Å². The van der Waals surface area contributed by atoms with Gasteiger partial charge in [-0.25, -0.2) is 0 Å². The van der Waals surface area contributed by atoms with Gasteiger partial charge in [-0.15, -0.1) is 0 Å². The van der Waals surface area contributed by atoms with Crippen LogP contribution >= 0.6 is 0 Å². The van der Waals surface area contributed by atoms with Crippen LogP contribution in [0.1, 0.15) is 56.6 Å². The van der Waals surface area contributed by atoms with Gasteiger partial charge >= 0.3 is 0 Å². The highest BCUT2D eigenvalue weighted by Crippen LogP contribution is 2.12. The van der Waals surface area contributed by atoms with Crippen LogP contribution in [-0.4, -0.2) is 29.0 Å². The van der Waals surface area contributed by atoms with E-state index in [0.717, 1.165) is 12.0 Å². The SMILES string of the molecule is CCCCCCCCc1ccc(C[C@@H](O)[C@@H](N)CO)cc1. The summed E-state index contributed by atoms with van der Waals surface area (Å²) in [5, 5.41) is 18.7. The summed E-state index contributed by atoms with van der Waals surface area (Å²) in [7, 11) is 0. The molecule has 0 unspecified atom stereocenters. The second-order valence-electron chi connectivity index (χ2n) is 5.95. The van der Waals surface area contributed by atoms with Gasteiger partial charge < -0.3 is 15.9 Å². The van der Waals surface area contributed by atoms with Gasteiger partial charge in [0.15, 0.2) is 0 Å². The van der Waals surface area contributed by atoms with E-state index in [9.17, 15) is 5.11 Å². The van der Waals surface area contributed by atoms with Crippen molar-refractivity contribution >= 4 is 0 Å². The van der Waals surface area contributed by atoms with Crippen LogP contribution in [-0.2, 0) is 12.8 Å². The Morgan fingerprint density at radius 1 is 0.952 bits per heavy atom. The molecule has 1 aromatic rings. The van der Waals surface area contributed by atoms with Gasteiger partial charge in [-0.2, -0.15) is 0 Å². The number of hydrogen-bond donors (Lipinski definition) is 3. The Morgan fingerprint density at radius 3 is 2.14 bits per heavy atom. The lowest BCUT2D eigenvalue weighted by Crippen LogP contribution is -2.39. The maximum absolute atomic E-state index is 9.80. The fourth-order valence-electron chi connectivity index (χ4n) is 2.47. The molecule has 0 heterocycles. The average molecular weight is 293 g/mol. The molecule has 0 aliphatic heterocycles. The molecule has 0 radical (unpaired) electrons. The van der Waals surface area contributed by atoms with Gasteiger partial charge in [0.1, 0.15) is 0 Å². The summed E-state index contributed by atoms with van der Waals surface area (Å²) in [6.07, 6.45) is 8.87. The number of aliphatic hydroxyl groups excluding tert-OH is 2. The van der Waals surface area contributed by atoms with Crippen molar-refractivity contribution in [2.45, 2.75) is 70.4 Å². The lowest BCUT2D eigenvalue weighted by atomic mass is 10.00. The van der Waals surface area contributed by atoms with Crippen molar-refractivity contribution in [1.29, 1.82) is 0 Å². The van der Waals surface area contributed by atoms with E-state index in [4.69, 9.17) is 10.8 Å². The van der Waals surface area contributed by atoms with Gasteiger partial charge in [-0.1, -0.05) is 63.3 Å². The minimum absolute atomic E-state index is 0.183. The zero-order valence-corrected chi connectivity index (χ0v) is 13.3. The molecule has 0 amide bonds. The number of aryl methyl sites for hydroxylation is 1. The van der Waals surface area contributed by atoms with Crippen LogP contribution in [0.2, 0.25) is 0 Å². The number of rotatable bonds is 11.